The third-order valence-electron chi connectivity index (χ3n) is 4.76. The van der Waals surface area contributed by atoms with Gasteiger partial charge in [0, 0.05) is 20.2 Å². The van der Waals surface area contributed by atoms with Crippen LogP contribution < -0.4 is 0 Å². The summed E-state index contributed by atoms with van der Waals surface area (Å²) in [6.45, 7) is 4.92. The van der Waals surface area contributed by atoms with Crippen molar-refractivity contribution >= 4 is 20.0 Å². The summed E-state index contributed by atoms with van der Waals surface area (Å²) in [4.78, 5) is 22.6. The van der Waals surface area contributed by atoms with E-state index in [0.717, 1.165) is 0 Å². The predicted octanol–water partition coefficient (Wildman–Crippen LogP) is 7.12. The van der Waals surface area contributed by atoms with Crippen molar-refractivity contribution in [3.8, 4) is 0 Å². The molecule has 4 nitrogen and oxygen atoms in total. The number of halogens is 15. The van der Waals surface area contributed by atoms with E-state index in [1.165, 1.54) is 0 Å². The first-order valence-electron chi connectivity index (χ1n) is 10.3. The van der Waals surface area contributed by atoms with Crippen LogP contribution >= 0.6 is 0 Å². The second kappa shape index (κ2) is 11.4. The fourth-order valence-corrected chi connectivity index (χ4v) is 3.62. The van der Waals surface area contributed by atoms with E-state index >= 15 is 0 Å². The van der Waals surface area contributed by atoms with Gasteiger partial charge in [-0.2, -0.15) is 61.5 Å². The van der Waals surface area contributed by atoms with E-state index in [4.69, 9.17) is 0 Å². The summed E-state index contributed by atoms with van der Waals surface area (Å²) in [7, 11) is -1.57. The monoisotopic (exact) mass is 626 g/mol. The first kappa shape index (κ1) is 36.8. The number of rotatable bonds is 14. The normalized spacial score (nSPS) is 15.9. The van der Waals surface area contributed by atoms with Gasteiger partial charge in [-0.3, -0.25) is 0 Å². The Bertz CT molecular complexity index is 911. The van der Waals surface area contributed by atoms with Crippen LogP contribution in [-0.2, 0) is 19.1 Å². The first-order chi connectivity index (χ1) is 16.9. The molecule has 0 rings (SSSR count). The summed E-state index contributed by atoms with van der Waals surface area (Å²) in [5, 5.41) is 0. The molecule has 230 valence electrons. The van der Waals surface area contributed by atoms with Gasteiger partial charge in [-0.1, -0.05) is 25.7 Å². The molecule has 0 aliphatic carbocycles. The highest BCUT2D eigenvalue weighted by molar-refractivity contribution is 6.76. The average Bonchev–Trinajstić information content (AvgIpc) is 2.73. The minimum absolute atomic E-state index is 0.0628. The van der Waals surface area contributed by atoms with Crippen molar-refractivity contribution in [2.75, 3.05) is 6.61 Å². The summed E-state index contributed by atoms with van der Waals surface area (Å²) >= 11 is 0. The van der Waals surface area contributed by atoms with E-state index in [2.05, 4.69) is 9.47 Å². The molecule has 0 heterocycles. The summed E-state index contributed by atoms with van der Waals surface area (Å²) < 4.78 is 209. The van der Waals surface area contributed by atoms with Crippen molar-refractivity contribution in [2.45, 2.75) is 86.8 Å². The minimum atomic E-state index is -8.45. The molecule has 39 heavy (non-hydrogen) atoms. The molecule has 1 atom stereocenters. The fourth-order valence-electron chi connectivity index (χ4n) is 2.42. The zero-order valence-corrected chi connectivity index (χ0v) is 21.2. The average molecular weight is 626 g/mol. The maximum absolute atomic E-state index is 13.7. The third kappa shape index (κ3) is 7.14. The van der Waals surface area contributed by atoms with Gasteiger partial charge >= 0.3 is 53.6 Å². The third-order valence-corrected chi connectivity index (χ3v) is 6.61. The smallest absolute Gasteiger partial charge is 0.463 e. The molecule has 0 aromatic carbocycles. The number of carbonyl (C=O) groups is 2. The van der Waals surface area contributed by atoms with Gasteiger partial charge in [0.2, 0.25) is 0 Å². The Morgan fingerprint density at radius 2 is 1.08 bits per heavy atom. The molecule has 0 saturated heterocycles. The van der Waals surface area contributed by atoms with Gasteiger partial charge in [0.25, 0.3) is 0 Å². The van der Waals surface area contributed by atoms with E-state index in [1.54, 1.807) is 0 Å². The van der Waals surface area contributed by atoms with Crippen LogP contribution in [0.5, 0.6) is 0 Å². The quantitative estimate of drug-likeness (QED) is 0.0678. The minimum Gasteiger partial charge on any atom is -0.463 e. The Hall–Kier alpha value is -2.15. The molecule has 0 aromatic heterocycles. The number of carbonyl (C=O) groups excluding carboxylic acids is 2. The first-order valence-corrected chi connectivity index (χ1v) is 14.0. The van der Waals surface area contributed by atoms with Crippen LogP contribution in [0, 0.1) is 0 Å². The van der Waals surface area contributed by atoms with Crippen molar-refractivity contribution in [2.24, 2.45) is 0 Å². The number of ether oxygens (including phenoxy) is 2. The SMILES string of the molecule is CC(F)C(F)(F)C(F)(F)C(F)(F)C(F)(F)C(F)(F)C(F)(F)C(F)(F)OC(=O)C=CC(=O)OCCC[Si](C)(C)C. The van der Waals surface area contributed by atoms with Crippen LogP contribution in [0.25, 0.3) is 0 Å². The number of esters is 2. The Balaban J connectivity index is 5.92. The lowest BCUT2D eigenvalue weighted by molar-refractivity contribution is -0.462. The molecule has 0 aromatic rings. The lowest BCUT2D eigenvalue weighted by atomic mass is 9.90. The van der Waals surface area contributed by atoms with E-state index in [-0.39, 0.29) is 12.7 Å². The Morgan fingerprint density at radius 3 is 1.49 bits per heavy atom. The van der Waals surface area contributed by atoms with Crippen LogP contribution in [0.15, 0.2) is 12.2 Å². The summed E-state index contributed by atoms with van der Waals surface area (Å²) in [5.74, 6) is -52.2. The largest absolute Gasteiger partial charge is 0.473 e. The highest BCUT2D eigenvalue weighted by Gasteiger charge is 2.94. The highest BCUT2D eigenvalue weighted by Crippen LogP contribution is 2.62. The number of alkyl halides is 15. The maximum atomic E-state index is 13.7. The predicted molar refractivity (Wildman–Crippen MR) is 104 cm³/mol. The molecule has 0 amide bonds. The number of hydrogen-bond acceptors (Lipinski definition) is 4. The Morgan fingerprint density at radius 1 is 0.692 bits per heavy atom. The topological polar surface area (TPSA) is 52.6 Å². The van der Waals surface area contributed by atoms with E-state index in [0.29, 0.717) is 12.5 Å². The molecule has 0 N–H and O–H groups in total. The molecule has 20 heteroatoms. The van der Waals surface area contributed by atoms with Gasteiger partial charge < -0.3 is 9.47 Å². The van der Waals surface area contributed by atoms with E-state index in [1.807, 2.05) is 19.6 Å². The van der Waals surface area contributed by atoms with Crippen molar-refractivity contribution in [3.63, 3.8) is 0 Å². The van der Waals surface area contributed by atoms with Gasteiger partial charge in [0.1, 0.15) is 0 Å². The summed E-state index contributed by atoms with van der Waals surface area (Å²) in [6, 6.07) is 0.627. The molecule has 0 radical (unpaired) electrons. The second-order valence-corrected chi connectivity index (χ2v) is 14.8. The molecule has 0 bridgehead atoms. The van der Waals surface area contributed by atoms with Crippen LogP contribution in [0.4, 0.5) is 65.9 Å². The standard InChI is InChI=1S/C19H21F15O4Si/c1-10(20)13(21,22)14(23,24)15(25,26)16(27,28)17(29,30)18(31,32)19(33,34)38-12(36)7-6-11(35)37-8-5-9-39(2,3)4/h6-7,10H,5,8-9H2,1-4H3. The zero-order valence-electron chi connectivity index (χ0n) is 20.2. The van der Waals surface area contributed by atoms with Crippen LogP contribution in [0.1, 0.15) is 13.3 Å². The summed E-state index contributed by atoms with van der Waals surface area (Å²) in [5.41, 5.74) is 0. The highest BCUT2D eigenvalue weighted by atomic mass is 28.3. The summed E-state index contributed by atoms with van der Waals surface area (Å²) in [6.07, 6.45) is -11.9. The van der Waals surface area contributed by atoms with E-state index in [9.17, 15) is 75.4 Å². The molecule has 0 spiro atoms. The number of hydrogen-bond donors (Lipinski definition) is 0. The zero-order chi connectivity index (χ0) is 31.7. The maximum Gasteiger partial charge on any atom is 0.473 e. The Kier molecular flexibility index (Phi) is 10.8. The lowest BCUT2D eigenvalue weighted by Crippen LogP contribution is -2.74. The van der Waals surface area contributed by atoms with Gasteiger partial charge in [-0.25, -0.2) is 14.0 Å². The molecule has 0 saturated carbocycles. The van der Waals surface area contributed by atoms with Crippen LogP contribution in [0.2, 0.25) is 25.7 Å². The van der Waals surface area contributed by atoms with Crippen molar-refractivity contribution in [1.29, 1.82) is 0 Å². The molecular weight excluding hydrogens is 605 g/mol. The molecular formula is C19H21F15O4Si. The van der Waals surface area contributed by atoms with Gasteiger partial charge in [0.05, 0.1) is 6.61 Å². The van der Waals surface area contributed by atoms with Crippen LogP contribution in [-0.4, -0.2) is 74.4 Å². The van der Waals surface area contributed by atoms with Gasteiger partial charge in [-0.05, 0) is 13.3 Å². The van der Waals surface area contributed by atoms with Crippen LogP contribution in [0.3, 0.4) is 0 Å². The van der Waals surface area contributed by atoms with Crippen molar-refractivity contribution in [3.05, 3.63) is 12.2 Å². The van der Waals surface area contributed by atoms with Crippen molar-refractivity contribution in [1.82, 2.24) is 0 Å². The molecule has 0 aliphatic rings. The van der Waals surface area contributed by atoms with Gasteiger partial charge in [-0.15, -0.1) is 0 Å². The molecule has 0 fully saturated rings. The van der Waals surface area contributed by atoms with E-state index < -0.39 is 80.8 Å². The van der Waals surface area contributed by atoms with Gasteiger partial charge in [0.15, 0.2) is 6.17 Å². The second-order valence-electron chi connectivity index (χ2n) is 9.21. The fraction of sp³-hybridized carbons (Fsp3) is 0.789. The molecule has 1 unspecified atom stereocenters. The Labute approximate surface area is 211 Å². The van der Waals surface area contributed by atoms with Crippen molar-refractivity contribution < 1.29 is 84.9 Å². The lowest BCUT2D eigenvalue weighted by Gasteiger charge is -2.42. The molecule has 0 aliphatic heterocycles.